The molecule has 61 heavy (non-hydrogen) atoms. The second kappa shape index (κ2) is 19.7. The van der Waals surface area contributed by atoms with Gasteiger partial charge in [0.1, 0.15) is 23.7 Å². The number of rotatable bonds is 13. The molecule has 13 atom stereocenters. The first-order chi connectivity index (χ1) is 28.7. The number of amides is 1. The molecule has 0 aromatic carbocycles. The number of nitrogens with one attached hydrogen (secondary N) is 1. The molecule has 18 nitrogen and oxygen atoms in total. The number of fused-ring (bicyclic) bond motifs is 1. The SMILES string of the molecule is CC[C@H]1OC(=O)[C@@](C)(F)C(=O)[C@H](C)[C@@H](O[C@@H]2O[C@H](COC)C[C@H](N(C)C)[C@H]2O)[C@@](C)(OC)C[C@@H](C)N[C@H](C)[C@H]2N(CCCCn3cc(-c4cccc(N)n4)nn3)C(=O)O[C@]12C. The van der Waals surface area contributed by atoms with Gasteiger partial charge in [-0.15, -0.1) is 5.10 Å². The van der Waals surface area contributed by atoms with E-state index in [1.165, 1.54) is 14.0 Å². The number of nitrogens with two attached hydrogens (primary N) is 1. The maximum absolute atomic E-state index is 17.0. The summed E-state index contributed by atoms with van der Waals surface area (Å²) in [5.41, 5.74) is 1.11. The average molecular weight is 863 g/mol. The van der Waals surface area contributed by atoms with E-state index in [4.69, 9.17) is 34.2 Å². The monoisotopic (exact) mass is 862 g/mol. The van der Waals surface area contributed by atoms with Crippen molar-refractivity contribution in [1.29, 1.82) is 0 Å². The number of carbonyl (C=O) groups is 3. The van der Waals surface area contributed by atoms with Crippen LogP contribution in [0.15, 0.2) is 24.4 Å². The van der Waals surface area contributed by atoms with Crippen LogP contribution in [0.3, 0.4) is 0 Å². The zero-order chi connectivity index (χ0) is 45.0. The molecule has 0 radical (unpaired) electrons. The number of carbonyl (C=O) groups excluding carboxylic acids is 3. The fourth-order valence-corrected chi connectivity index (χ4v) is 9.46. The zero-order valence-corrected chi connectivity index (χ0v) is 37.5. The Hall–Kier alpha value is -3.85. The minimum absolute atomic E-state index is 0.151. The number of aromatic nitrogens is 4. The third-order valence-electron chi connectivity index (χ3n) is 12.6. The molecule has 4 N–H and O–H groups in total. The smallest absolute Gasteiger partial charge is 0.410 e. The van der Waals surface area contributed by atoms with Gasteiger partial charge in [-0.1, -0.05) is 25.1 Å². The molecule has 0 aliphatic carbocycles. The van der Waals surface area contributed by atoms with Crippen molar-refractivity contribution in [3.05, 3.63) is 24.4 Å². The van der Waals surface area contributed by atoms with E-state index in [0.717, 1.165) is 6.92 Å². The maximum atomic E-state index is 17.0. The van der Waals surface area contributed by atoms with Crippen LogP contribution in [0, 0.1) is 5.92 Å². The second-order valence-electron chi connectivity index (χ2n) is 17.6. The van der Waals surface area contributed by atoms with Crippen LogP contribution < -0.4 is 11.1 Å². The summed E-state index contributed by atoms with van der Waals surface area (Å²) >= 11 is 0. The van der Waals surface area contributed by atoms with Crippen LogP contribution in [0.4, 0.5) is 15.0 Å². The number of esters is 1. The summed E-state index contributed by atoms with van der Waals surface area (Å²) in [7, 11) is 6.67. The molecular formula is C42H67FN8O10. The van der Waals surface area contributed by atoms with E-state index in [1.54, 1.807) is 61.9 Å². The molecule has 3 aliphatic rings. The van der Waals surface area contributed by atoms with Crippen molar-refractivity contribution in [2.24, 2.45) is 5.92 Å². The number of hydrogen-bond donors (Lipinski definition) is 3. The largest absolute Gasteiger partial charge is 0.455 e. The van der Waals surface area contributed by atoms with Crippen molar-refractivity contribution in [3.8, 4) is 11.4 Å². The van der Waals surface area contributed by atoms with E-state index in [2.05, 4.69) is 20.6 Å². The van der Waals surface area contributed by atoms with Crippen LogP contribution in [0.1, 0.15) is 80.6 Å². The summed E-state index contributed by atoms with van der Waals surface area (Å²) in [6, 6.07) is 3.35. The molecule has 3 saturated heterocycles. The summed E-state index contributed by atoms with van der Waals surface area (Å²) in [4.78, 5) is 49.9. The number of alkyl halides is 1. The van der Waals surface area contributed by atoms with Gasteiger partial charge in [-0.05, 0) is 93.0 Å². The van der Waals surface area contributed by atoms with Crippen molar-refractivity contribution < 1.29 is 52.3 Å². The van der Waals surface area contributed by atoms with Crippen LogP contribution in [0.2, 0.25) is 0 Å². The first kappa shape index (κ1) is 48.2. The van der Waals surface area contributed by atoms with E-state index < -0.39 is 89.5 Å². The lowest BCUT2D eigenvalue weighted by molar-refractivity contribution is -0.301. The zero-order valence-electron chi connectivity index (χ0n) is 37.5. The normalized spacial score (nSPS) is 36.7. The second-order valence-corrected chi connectivity index (χ2v) is 17.6. The number of halogens is 1. The van der Waals surface area contributed by atoms with Gasteiger partial charge in [0.05, 0.1) is 42.3 Å². The average Bonchev–Trinajstić information content (AvgIpc) is 3.78. The van der Waals surface area contributed by atoms with Gasteiger partial charge in [0.2, 0.25) is 0 Å². The molecule has 0 unspecified atom stereocenters. The highest BCUT2D eigenvalue weighted by molar-refractivity contribution is 6.07. The number of ketones is 1. The number of unbranched alkanes of at least 4 members (excludes halogenated alkanes) is 1. The Kier molecular flexibility index (Phi) is 15.5. The highest BCUT2D eigenvalue weighted by atomic mass is 19.1. The molecule has 2 aromatic rings. The van der Waals surface area contributed by atoms with E-state index in [9.17, 15) is 19.5 Å². The van der Waals surface area contributed by atoms with E-state index in [1.807, 2.05) is 32.8 Å². The lowest BCUT2D eigenvalue weighted by atomic mass is 9.78. The molecule has 2 aromatic heterocycles. The lowest BCUT2D eigenvalue weighted by Crippen LogP contribution is -2.64. The highest BCUT2D eigenvalue weighted by Gasteiger charge is 2.60. The van der Waals surface area contributed by atoms with Gasteiger partial charge in [0.25, 0.3) is 5.67 Å². The lowest BCUT2D eigenvalue weighted by Gasteiger charge is -2.48. The molecule has 0 saturated carbocycles. The van der Waals surface area contributed by atoms with Crippen molar-refractivity contribution in [1.82, 2.24) is 35.1 Å². The Morgan fingerprint density at radius 2 is 1.79 bits per heavy atom. The van der Waals surface area contributed by atoms with Crippen LogP contribution in [0.5, 0.6) is 0 Å². The Balaban J connectivity index is 1.43. The molecule has 19 heteroatoms. The quantitative estimate of drug-likeness (QED) is 0.150. The summed E-state index contributed by atoms with van der Waals surface area (Å²) in [6.45, 7) is 12.4. The number of ether oxygens (including phenoxy) is 6. The van der Waals surface area contributed by atoms with Crippen LogP contribution in [-0.2, 0) is 44.6 Å². The van der Waals surface area contributed by atoms with Gasteiger partial charge < -0.3 is 49.5 Å². The molecule has 342 valence electrons. The number of aliphatic hydroxyl groups excluding tert-OH is 1. The Bertz CT molecular complexity index is 1820. The number of anilines is 1. The van der Waals surface area contributed by atoms with Crippen LogP contribution >= 0.6 is 0 Å². The molecular weight excluding hydrogens is 796 g/mol. The van der Waals surface area contributed by atoms with Gasteiger partial charge in [-0.3, -0.25) is 14.4 Å². The number of pyridine rings is 1. The topological polar surface area (TPSA) is 215 Å². The summed E-state index contributed by atoms with van der Waals surface area (Å²) in [6.07, 6.45) is -2.08. The van der Waals surface area contributed by atoms with Crippen molar-refractivity contribution in [3.63, 3.8) is 0 Å². The number of likely N-dealkylation sites (N-methyl/N-ethyl adjacent to an activating group) is 1. The van der Waals surface area contributed by atoms with Gasteiger partial charge in [-0.25, -0.2) is 19.0 Å². The number of nitrogen functional groups attached to an aromatic ring is 1. The van der Waals surface area contributed by atoms with Crippen LogP contribution in [0.25, 0.3) is 11.4 Å². The molecule has 0 spiro atoms. The fourth-order valence-electron chi connectivity index (χ4n) is 9.46. The summed E-state index contributed by atoms with van der Waals surface area (Å²) in [5.74, 6) is -3.46. The highest BCUT2D eigenvalue weighted by Crippen LogP contribution is 2.41. The first-order valence-corrected chi connectivity index (χ1v) is 21.2. The molecule has 0 bridgehead atoms. The summed E-state index contributed by atoms with van der Waals surface area (Å²) in [5, 5.41) is 23.6. The Morgan fingerprint density at radius 3 is 2.43 bits per heavy atom. The minimum Gasteiger partial charge on any atom is -0.455 e. The first-order valence-electron chi connectivity index (χ1n) is 21.2. The number of methoxy groups -OCH3 is 2. The summed E-state index contributed by atoms with van der Waals surface area (Å²) < 4.78 is 55.0. The minimum atomic E-state index is -3.15. The molecule has 5 heterocycles. The van der Waals surface area contributed by atoms with Crippen LogP contribution in [-0.4, -0.2) is 166 Å². The predicted molar refractivity (Wildman–Crippen MR) is 222 cm³/mol. The number of aliphatic hydroxyl groups is 1. The number of hydrogen-bond acceptors (Lipinski definition) is 16. The number of cyclic esters (lactones) is 1. The maximum Gasteiger partial charge on any atom is 0.410 e. The third-order valence-corrected chi connectivity index (χ3v) is 12.6. The van der Waals surface area contributed by atoms with Crippen molar-refractivity contribution >= 4 is 23.7 Å². The Labute approximate surface area is 358 Å². The fraction of sp³-hybridized carbons (Fsp3) is 0.762. The molecule has 3 fully saturated rings. The molecule has 3 aliphatic heterocycles. The van der Waals surface area contributed by atoms with E-state index in [0.29, 0.717) is 43.0 Å². The van der Waals surface area contributed by atoms with Gasteiger partial charge in [-0.2, -0.15) is 0 Å². The predicted octanol–water partition coefficient (Wildman–Crippen LogP) is 3.15. The van der Waals surface area contributed by atoms with Crippen molar-refractivity contribution in [2.45, 2.75) is 159 Å². The van der Waals surface area contributed by atoms with E-state index in [-0.39, 0.29) is 32.0 Å². The number of aryl methyl sites for hydroxylation is 1. The van der Waals surface area contributed by atoms with Gasteiger partial charge in [0.15, 0.2) is 17.7 Å². The number of nitrogens with zero attached hydrogens (tertiary/aromatic N) is 6. The standard InChI is InChI=1S/C42H67FN8O10/c1-12-31-42(7)34(51(39(55)61-42)19-14-13-18-50-22-29(47-48-50)28-16-15-17-32(44)46-28)26(4)45-24(2)21-40(5,57-11)36(25(3)35(53)41(6,43)38(54)59-31)60-37-33(52)30(49(8)9)20-27(58-37)23-56-10/h15-17,22,24-27,30-31,33-34,36-37,45,52H,12-14,18-21,23H2,1-11H3,(H2,44,46)/t24-,25+,26-,27+,30+,31-,33-,34-,36-,37+,40+,41+,42-/m1/s1. The van der Waals surface area contributed by atoms with Gasteiger partial charge >= 0.3 is 12.1 Å². The third kappa shape index (κ3) is 10.3. The molecule has 1 amide bonds. The van der Waals surface area contributed by atoms with E-state index >= 15 is 4.39 Å². The number of Topliss-reactive ketones (excluding diaryl/α,β-unsaturated/α-hetero) is 1. The van der Waals surface area contributed by atoms with Gasteiger partial charge in [0, 0.05) is 51.4 Å². The van der Waals surface area contributed by atoms with Crippen molar-refractivity contribution in [2.75, 3.05) is 47.2 Å². The Morgan fingerprint density at radius 1 is 1.08 bits per heavy atom. The molecule has 5 rings (SSSR count).